The van der Waals surface area contributed by atoms with E-state index in [9.17, 15) is 4.80 Å². The molecule has 1 aromatic heterocycles. The van der Waals surface area contributed by atoms with E-state index in [2.05, 4.69) is 28.9 Å². The van der Waals surface area contributed by atoms with Gasteiger partial charge in [-0.25, -0.2) is 0 Å². The van der Waals surface area contributed by atoms with Gasteiger partial charge < -0.3 is 9.70 Å². The molecule has 1 fully saturated rings. The van der Waals surface area contributed by atoms with Crippen molar-refractivity contribution in [3.8, 4) is 0 Å². The van der Waals surface area contributed by atoms with Gasteiger partial charge in [-0.15, -0.1) is 10.2 Å². The van der Waals surface area contributed by atoms with Crippen molar-refractivity contribution in [2.75, 3.05) is 18.0 Å². The van der Waals surface area contributed by atoms with Gasteiger partial charge in [0.1, 0.15) is 0 Å². The fourth-order valence-corrected chi connectivity index (χ4v) is 3.55. The van der Waals surface area contributed by atoms with Crippen LogP contribution in [0, 0.1) is 5.92 Å². The van der Waals surface area contributed by atoms with Gasteiger partial charge in [0, 0.05) is 13.1 Å². The molecule has 0 bridgehead atoms. The van der Waals surface area contributed by atoms with Crippen LogP contribution in [-0.2, 0) is 0 Å². The first kappa shape index (κ1) is 15.7. The molecule has 112 valence electrons. The van der Waals surface area contributed by atoms with Gasteiger partial charge >= 0.3 is 0 Å². The fourth-order valence-electron chi connectivity index (χ4n) is 2.66. The van der Waals surface area contributed by atoms with Gasteiger partial charge in [0.25, 0.3) is 0 Å². The molecule has 0 aromatic carbocycles. The minimum absolute atomic E-state index is 0.0410. The Hall–Kier alpha value is -0.653. The minimum Gasteiger partial charge on any atom is -0.432 e. The molecule has 0 unspecified atom stereocenters. The monoisotopic (exact) mass is 313 g/mol. The van der Waals surface area contributed by atoms with Gasteiger partial charge in [0.05, 0.1) is 0 Å². The molecule has 6 heteroatoms. The first-order valence-electron chi connectivity index (χ1n) is 7.15. The summed E-state index contributed by atoms with van der Waals surface area (Å²) in [5.41, 5.74) is 0. The standard InChI is InChI=1S/C14H24ClN3OSi/c1-14(2,20(3,4)19)9-11-7-8-18(10-11)13-6-5-12(15)16-17-13/h5-6,11,19H,7-10H2,1-4H3/t11-/m0/s1. The third kappa shape index (κ3) is 3.51. The molecule has 0 saturated carbocycles. The van der Waals surface area contributed by atoms with E-state index < -0.39 is 8.32 Å². The van der Waals surface area contributed by atoms with Crippen LogP contribution < -0.4 is 4.90 Å². The maximum atomic E-state index is 10.4. The van der Waals surface area contributed by atoms with Gasteiger partial charge in [-0.3, -0.25) is 0 Å². The Bertz CT molecular complexity index is 458. The highest BCUT2D eigenvalue weighted by molar-refractivity contribution is 6.72. The lowest BCUT2D eigenvalue weighted by Crippen LogP contribution is -2.40. The zero-order valence-corrected chi connectivity index (χ0v) is 14.5. The van der Waals surface area contributed by atoms with Crippen molar-refractivity contribution in [2.24, 2.45) is 5.92 Å². The van der Waals surface area contributed by atoms with Crippen LogP contribution in [0.5, 0.6) is 0 Å². The van der Waals surface area contributed by atoms with Crippen LogP contribution in [0.1, 0.15) is 26.7 Å². The van der Waals surface area contributed by atoms with Crippen LogP contribution >= 0.6 is 11.6 Å². The molecule has 20 heavy (non-hydrogen) atoms. The number of hydrogen-bond acceptors (Lipinski definition) is 4. The Morgan fingerprint density at radius 3 is 2.65 bits per heavy atom. The molecule has 2 heterocycles. The molecule has 2 rings (SSSR count). The summed E-state index contributed by atoms with van der Waals surface area (Å²) >= 11 is 5.77. The molecule has 0 aliphatic carbocycles. The van der Waals surface area contributed by atoms with E-state index in [1.165, 1.54) is 0 Å². The Kier molecular flexibility index (Phi) is 4.42. The molecule has 1 saturated heterocycles. The van der Waals surface area contributed by atoms with Gasteiger partial charge in [0.2, 0.25) is 0 Å². The van der Waals surface area contributed by atoms with Crippen molar-refractivity contribution < 1.29 is 4.80 Å². The van der Waals surface area contributed by atoms with E-state index in [0.717, 1.165) is 31.7 Å². The summed E-state index contributed by atoms with van der Waals surface area (Å²) in [4.78, 5) is 12.7. The molecule has 0 radical (unpaired) electrons. The second-order valence-corrected chi connectivity index (χ2v) is 11.8. The predicted octanol–water partition coefficient (Wildman–Crippen LogP) is 3.32. The van der Waals surface area contributed by atoms with Crippen LogP contribution in [0.2, 0.25) is 23.3 Å². The fraction of sp³-hybridized carbons (Fsp3) is 0.714. The molecule has 0 spiro atoms. The molecule has 1 atom stereocenters. The van der Waals surface area contributed by atoms with Gasteiger partial charge in [-0.2, -0.15) is 0 Å². The second-order valence-electron chi connectivity index (χ2n) is 6.96. The summed E-state index contributed by atoms with van der Waals surface area (Å²) < 4.78 is 0. The van der Waals surface area contributed by atoms with Crippen molar-refractivity contribution >= 4 is 25.7 Å². The third-order valence-electron chi connectivity index (χ3n) is 4.68. The molecular weight excluding hydrogens is 290 g/mol. The van der Waals surface area contributed by atoms with E-state index in [4.69, 9.17) is 11.6 Å². The smallest absolute Gasteiger partial charge is 0.188 e. The average Bonchev–Trinajstić information content (AvgIpc) is 2.76. The highest BCUT2D eigenvalue weighted by atomic mass is 35.5. The summed E-state index contributed by atoms with van der Waals surface area (Å²) in [5, 5.41) is 8.52. The van der Waals surface area contributed by atoms with E-state index in [0.29, 0.717) is 11.1 Å². The third-order valence-corrected chi connectivity index (χ3v) is 8.40. The Labute approximate surface area is 127 Å². The zero-order valence-electron chi connectivity index (χ0n) is 12.7. The maximum absolute atomic E-state index is 10.4. The number of anilines is 1. The molecule has 0 amide bonds. The topological polar surface area (TPSA) is 49.2 Å². The highest BCUT2D eigenvalue weighted by Crippen LogP contribution is 2.43. The first-order chi connectivity index (χ1) is 9.19. The summed E-state index contributed by atoms with van der Waals surface area (Å²) in [6.45, 7) is 10.5. The SMILES string of the molecule is CC(C)(C[C@@H]1CCN(c2ccc(Cl)nn2)C1)[Si](C)(C)O. The summed E-state index contributed by atoms with van der Waals surface area (Å²) in [6.07, 6.45) is 2.22. The van der Waals surface area contributed by atoms with E-state index in [-0.39, 0.29) is 5.04 Å². The minimum atomic E-state index is -2.13. The van der Waals surface area contributed by atoms with E-state index in [1.54, 1.807) is 6.07 Å². The summed E-state index contributed by atoms with van der Waals surface area (Å²) in [7, 11) is -2.13. The second kappa shape index (κ2) is 5.62. The van der Waals surface area contributed by atoms with Crippen molar-refractivity contribution in [3.63, 3.8) is 0 Å². The number of halogens is 1. The summed E-state index contributed by atoms with van der Waals surface area (Å²) in [6, 6.07) is 3.71. The van der Waals surface area contributed by atoms with Crippen LogP contribution in [0.15, 0.2) is 12.1 Å². The largest absolute Gasteiger partial charge is 0.432 e. The molecule has 1 N–H and O–H groups in total. The van der Waals surface area contributed by atoms with Crippen molar-refractivity contribution in [2.45, 2.75) is 44.8 Å². The lowest BCUT2D eigenvalue weighted by Gasteiger charge is -2.37. The van der Waals surface area contributed by atoms with Crippen molar-refractivity contribution in [1.29, 1.82) is 0 Å². The first-order valence-corrected chi connectivity index (χ1v) is 10.5. The zero-order chi connectivity index (χ0) is 15.0. The molecular formula is C14H24ClN3OSi. The lowest BCUT2D eigenvalue weighted by atomic mass is 9.95. The molecule has 4 nitrogen and oxygen atoms in total. The Morgan fingerprint density at radius 2 is 2.10 bits per heavy atom. The van der Waals surface area contributed by atoms with Crippen molar-refractivity contribution in [1.82, 2.24) is 10.2 Å². The van der Waals surface area contributed by atoms with Crippen LogP contribution in [0.25, 0.3) is 0 Å². The van der Waals surface area contributed by atoms with Gasteiger partial charge in [-0.05, 0) is 49.0 Å². The van der Waals surface area contributed by atoms with Gasteiger partial charge in [-0.1, -0.05) is 25.4 Å². The normalized spacial score (nSPS) is 20.5. The van der Waals surface area contributed by atoms with Crippen molar-refractivity contribution in [3.05, 3.63) is 17.3 Å². The quantitative estimate of drug-likeness (QED) is 0.866. The summed E-state index contributed by atoms with van der Waals surface area (Å²) in [5.74, 6) is 1.51. The number of nitrogens with zero attached hydrogens (tertiary/aromatic N) is 3. The highest BCUT2D eigenvalue weighted by Gasteiger charge is 2.40. The van der Waals surface area contributed by atoms with E-state index in [1.807, 2.05) is 19.2 Å². The average molecular weight is 314 g/mol. The molecule has 1 aliphatic heterocycles. The van der Waals surface area contributed by atoms with Crippen LogP contribution in [0.4, 0.5) is 5.82 Å². The molecule has 1 aromatic rings. The lowest BCUT2D eigenvalue weighted by molar-refractivity contribution is 0.392. The Morgan fingerprint density at radius 1 is 1.40 bits per heavy atom. The maximum Gasteiger partial charge on any atom is 0.188 e. The Balaban J connectivity index is 1.98. The number of hydrogen-bond donors (Lipinski definition) is 1. The van der Waals surface area contributed by atoms with Gasteiger partial charge in [0.15, 0.2) is 19.3 Å². The van der Waals surface area contributed by atoms with Crippen LogP contribution in [-0.4, -0.2) is 36.4 Å². The van der Waals surface area contributed by atoms with E-state index >= 15 is 0 Å². The predicted molar refractivity (Wildman–Crippen MR) is 85.7 cm³/mol. The number of aromatic nitrogens is 2. The van der Waals surface area contributed by atoms with Crippen LogP contribution in [0.3, 0.4) is 0 Å². The number of rotatable bonds is 4. The molecule has 1 aliphatic rings.